The van der Waals surface area contributed by atoms with E-state index in [1.165, 1.54) is 11.3 Å². The number of thiophene rings is 1. The van der Waals surface area contributed by atoms with E-state index in [0.717, 1.165) is 16.1 Å². The summed E-state index contributed by atoms with van der Waals surface area (Å²) in [5.41, 5.74) is 1.62. The molecule has 18 heavy (non-hydrogen) atoms. The number of carboxylic acid groups (broad SMARTS) is 1. The van der Waals surface area contributed by atoms with Crippen LogP contribution in [0.25, 0.3) is 0 Å². The molecule has 0 saturated heterocycles. The van der Waals surface area contributed by atoms with E-state index in [2.05, 4.69) is 5.16 Å². The minimum absolute atomic E-state index is 0.222. The van der Waals surface area contributed by atoms with Crippen molar-refractivity contribution < 1.29 is 19.2 Å². The lowest BCUT2D eigenvalue weighted by molar-refractivity contribution is 0.0697. The predicted octanol–water partition coefficient (Wildman–Crippen LogP) is 2.94. The van der Waals surface area contributed by atoms with Crippen molar-refractivity contribution in [2.75, 3.05) is 0 Å². The zero-order chi connectivity index (χ0) is 13.3. The van der Waals surface area contributed by atoms with Crippen molar-refractivity contribution in [3.63, 3.8) is 0 Å². The first-order valence-electron chi connectivity index (χ1n) is 5.37. The number of aromatic nitrogens is 1. The molecule has 0 aliphatic carbocycles. The smallest absolute Gasteiger partial charge is 0.349 e. The molecule has 1 N–H and O–H groups in total. The summed E-state index contributed by atoms with van der Waals surface area (Å²) in [6, 6.07) is 1.73. The molecule has 96 valence electrons. The number of hydrogen-bond acceptors (Lipinski definition) is 5. The van der Waals surface area contributed by atoms with E-state index in [1.54, 1.807) is 13.0 Å². The van der Waals surface area contributed by atoms with E-state index in [0.29, 0.717) is 11.5 Å². The predicted molar refractivity (Wildman–Crippen MR) is 66.3 cm³/mol. The Labute approximate surface area is 108 Å². The van der Waals surface area contributed by atoms with Gasteiger partial charge in [-0.25, -0.2) is 4.79 Å². The Bertz CT molecular complexity index is 565. The first-order valence-corrected chi connectivity index (χ1v) is 6.19. The van der Waals surface area contributed by atoms with Crippen molar-refractivity contribution >= 4 is 17.3 Å². The highest BCUT2D eigenvalue weighted by atomic mass is 32.1. The van der Waals surface area contributed by atoms with E-state index < -0.39 is 5.97 Å². The van der Waals surface area contributed by atoms with E-state index in [1.807, 2.05) is 13.8 Å². The van der Waals surface area contributed by atoms with Crippen LogP contribution in [0.1, 0.15) is 31.6 Å². The summed E-state index contributed by atoms with van der Waals surface area (Å²) in [6.07, 6.45) is 0. The summed E-state index contributed by atoms with van der Waals surface area (Å²) in [6.45, 7) is 5.74. The van der Waals surface area contributed by atoms with Crippen LogP contribution < -0.4 is 4.74 Å². The largest absolute Gasteiger partial charge is 0.487 e. The highest BCUT2D eigenvalue weighted by Gasteiger charge is 2.17. The molecule has 0 fully saturated rings. The fourth-order valence-corrected chi connectivity index (χ4v) is 2.40. The van der Waals surface area contributed by atoms with Gasteiger partial charge in [-0.1, -0.05) is 5.16 Å². The Morgan fingerprint density at radius 2 is 2.22 bits per heavy atom. The quantitative estimate of drug-likeness (QED) is 0.922. The third-order valence-corrected chi connectivity index (χ3v) is 3.59. The van der Waals surface area contributed by atoms with Crippen LogP contribution in [0.5, 0.6) is 5.75 Å². The van der Waals surface area contributed by atoms with Crippen LogP contribution in [0.15, 0.2) is 10.6 Å². The Morgan fingerprint density at radius 3 is 2.78 bits per heavy atom. The Kier molecular flexibility index (Phi) is 3.38. The number of nitrogens with zero attached hydrogens (tertiary/aromatic N) is 1. The molecule has 0 aliphatic rings. The van der Waals surface area contributed by atoms with E-state index in [4.69, 9.17) is 14.4 Å². The second-order valence-electron chi connectivity index (χ2n) is 3.95. The molecule has 0 bridgehead atoms. The lowest BCUT2D eigenvalue weighted by atomic mass is 10.2. The van der Waals surface area contributed by atoms with Gasteiger partial charge in [0, 0.05) is 4.88 Å². The van der Waals surface area contributed by atoms with E-state index in [-0.39, 0.29) is 11.5 Å². The number of ether oxygens (including phenoxy) is 1. The molecule has 0 aliphatic heterocycles. The van der Waals surface area contributed by atoms with Crippen LogP contribution in [-0.2, 0) is 6.61 Å². The summed E-state index contributed by atoms with van der Waals surface area (Å²) in [7, 11) is 0. The van der Waals surface area contributed by atoms with Crippen LogP contribution in [-0.4, -0.2) is 16.2 Å². The zero-order valence-electron chi connectivity index (χ0n) is 10.3. The molecule has 5 nitrogen and oxygen atoms in total. The summed E-state index contributed by atoms with van der Waals surface area (Å²) in [5, 5.41) is 12.9. The standard InChI is InChI=1S/C12H13NO4S/c1-6-4-10(11(18-6)12(14)15)16-5-9-7(2)13-17-8(9)3/h4H,5H2,1-3H3,(H,14,15). The zero-order valence-corrected chi connectivity index (χ0v) is 11.1. The van der Waals surface area contributed by atoms with Gasteiger partial charge in [-0.3, -0.25) is 0 Å². The number of aryl methyl sites for hydroxylation is 3. The Morgan fingerprint density at radius 1 is 1.50 bits per heavy atom. The lowest BCUT2D eigenvalue weighted by Crippen LogP contribution is -2.01. The second kappa shape index (κ2) is 4.81. The van der Waals surface area contributed by atoms with Gasteiger partial charge in [-0.05, 0) is 26.8 Å². The SMILES string of the molecule is Cc1cc(OCc2c(C)noc2C)c(C(=O)O)s1. The summed E-state index contributed by atoms with van der Waals surface area (Å²) >= 11 is 1.20. The average Bonchev–Trinajstić information content (AvgIpc) is 2.81. The number of carbonyl (C=O) groups is 1. The number of carboxylic acids is 1. The van der Waals surface area contributed by atoms with Gasteiger partial charge in [0.2, 0.25) is 0 Å². The van der Waals surface area contributed by atoms with E-state index in [9.17, 15) is 4.79 Å². The van der Waals surface area contributed by atoms with Crippen molar-refractivity contribution in [3.05, 3.63) is 32.8 Å². The molecule has 0 amide bonds. The van der Waals surface area contributed by atoms with Gasteiger partial charge in [0.25, 0.3) is 0 Å². The normalized spacial score (nSPS) is 10.6. The van der Waals surface area contributed by atoms with Gasteiger partial charge in [0.05, 0.1) is 11.3 Å². The molecule has 2 heterocycles. The molecule has 6 heteroatoms. The molecule has 0 spiro atoms. The van der Waals surface area contributed by atoms with Gasteiger partial charge < -0.3 is 14.4 Å². The van der Waals surface area contributed by atoms with Crippen molar-refractivity contribution in [2.45, 2.75) is 27.4 Å². The van der Waals surface area contributed by atoms with E-state index >= 15 is 0 Å². The molecule has 0 radical (unpaired) electrons. The van der Waals surface area contributed by atoms with Gasteiger partial charge in [0.1, 0.15) is 18.1 Å². The minimum Gasteiger partial charge on any atom is -0.487 e. The highest BCUT2D eigenvalue weighted by Crippen LogP contribution is 2.30. The summed E-state index contributed by atoms with van der Waals surface area (Å²) < 4.78 is 10.6. The maximum absolute atomic E-state index is 11.0. The molecule has 2 aromatic heterocycles. The molecule has 0 saturated carbocycles. The Hall–Kier alpha value is -1.82. The van der Waals surface area contributed by atoms with Gasteiger partial charge >= 0.3 is 5.97 Å². The Balaban J connectivity index is 2.18. The fourth-order valence-electron chi connectivity index (χ4n) is 1.61. The van der Waals surface area contributed by atoms with Crippen LogP contribution in [0.4, 0.5) is 0 Å². The maximum Gasteiger partial charge on any atom is 0.349 e. The van der Waals surface area contributed by atoms with Gasteiger partial charge in [-0.15, -0.1) is 11.3 Å². The molecular weight excluding hydrogens is 254 g/mol. The third kappa shape index (κ3) is 2.38. The fraction of sp³-hybridized carbons (Fsp3) is 0.333. The van der Waals surface area contributed by atoms with Crippen LogP contribution in [0, 0.1) is 20.8 Å². The number of aromatic carboxylic acids is 1. The molecule has 0 atom stereocenters. The molecule has 2 rings (SSSR count). The molecular formula is C12H13NO4S. The lowest BCUT2D eigenvalue weighted by Gasteiger charge is -2.04. The summed E-state index contributed by atoms with van der Waals surface area (Å²) in [5.74, 6) is 0.114. The van der Waals surface area contributed by atoms with Gasteiger partial charge in [0.15, 0.2) is 4.88 Å². The first-order chi connectivity index (χ1) is 8.49. The number of hydrogen-bond donors (Lipinski definition) is 1. The monoisotopic (exact) mass is 267 g/mol. The average molecular weight is 267 g/mol. The maximum atomic E-state index is 11.0. The summed E-state index contributed by atoms with van der Waals surface area (Å²) in [4.78, 5) is 12.2. The highest BCUT2D eigenvalue weighted by molar-refractivity contribution is 7.14. The van der Waals surface area contributed by atoms with Crippen molar-refractivity contribution in [2.24, 2.45) is 0 Å². The topological polar surface area (TPSA) is 72.6 Å². The third-order valence-electron chi connectivity index (χ3n) is 2.57. The second-order valence-corrected chi connectivity index (χ2v) is 5.20. The number of rotatable bonds is 4. The van der Waals surface area contributed by atoms with Crippen molar-refractivity contribution in [3.8, 4) is 5.75 Å². The molecule has 0 aromatic carbocycles. The van der Waals surface area contributed by atoms with Crippen LogP contribution in [0.3, 0.4) is 0 Å². The molecule has 2 aromatic rings. The van der Waals surface area contributed by atoms with Crippen molar-refractivity contribution in [1.82, 2.24) is 5.16 Å². The van der Waals surface area contributed by atoms with Crippen LogP contribution in [0.2, 0.25) is 0 Å². The minimum atomic E-state index is -0.970. The molecule has 0 unspecified atom stereocenters. The van der Waals surface area contributed by atoms with Crippen LogP contribution >= 0.6 is 11.3 Å². The first kappa shape index (κ1) is 12.6. The van der Waals surface area contributed by atoms with Crippen molar-refractivity contribution in [1.29, 1.82) is 0 Å². The van der Waals surface area contributed by atoms with Gasteiger partial charge in [-0.2, -0.15) is 0 Å².